The third-order valence-electron chi connectivity index (χ3n) is 5.92. The van der Waals surface area contributed by atoms with Crippen LogP contribution in [0, 0.1) is 5.92 Å². The van der Waals surface area contributed by atoms with E-state index in [4.69, 9.17) is 9.90 Å². The molecule has 2 bridgehead atoms. The number of aliphatic carboxylic acids is 1. The van der Waals surface area contributed by atoms with E-state index < -0.39 is 12.1 Å². The highest BCUT2D eigenvalue weighted by molar-refractivity contribution is 5.70. The van der Waals surface area contributed by atoms with Crippen molar-refractivity contribution in [2.75, 3.05) is 6.54 Å². The summed E-state index contributed by atoms with van der Waals surface area (Å²) in [6.45, 7) is 1.36. The quantitative estimate of drug-likeness (QED) is 0.773. The Kier molecular flexibility index (Phi) is 4.60. The van der Waals surface area contributed by atoms with Crippen molar-refractivity contribution < 1.29 is 28.4 Å². The van der Waals surface area contributed by atoms with Gasteiger partial charge in [-0.05, 0) is 24.0 Å². The number of alkyl halides is 3. The normalized spacial score (nSPS) is 31.1. The molecule has 1 heterocycles. The second-order valence-electron chi connectivity index (χ2n) is 7.09. The average Bonchev–Trinajstić information content (AvgIpc) is 2.54. The smallest absolute Gasteiger partial charge is 0.430 e. The Morgan fingerprint density at radius 2 is 1.92 bits per heavy atom. The number of fused-ring (bicyclic) bond motifs is 1. The minimum atomic E-state index is -5.19. The summed E-state index contributed by atoms with van der Waals surface area (Å²) in [5.74, 6) is -2.03. The zero-order valence-electron chi connectivity index (χ0n) is 13.4. The van der Waals surface area contributed by atoms with Crippen LogP contribution in [0.1, 0.15) is 43.2 Å². The average molecular weight is 341 g/mol. The van der Waals surface area contributed by atoms with E-state index in [1.807, 2.05) is 0 Å². The number of nitrogens with two attached hydrogens (primary N) is 1. The van der Waals surface area contributed by atoms with Gasteiger partial charge in [0, 0.05) is 24.2 Å². The maximum atomic E-state index is 10.5. The van der Waals surface area contributed by atoms with Gasteiger partial charge in [-0.2, -0.15) is 13.2 Å². The van der Waals surface area contributed by atoms with Gasteiger partial charge in [-0.25, -0.2) is 0 Å². The monoisotopic (exact) mass is 341 g/mol. The number of carboxylic acids is 1. The van der Waals surface area contributed by atoms with Gasteiger partial charge in [0.2, 0.25) is 0 Å². The molecule has 3 nitrogen and oxygen atoms in total. The van der Waals surface area contributed by atoms with Crippen molar-refractivity contribution in [2.24, 2.45) is 5.92 Å². The van der Waals surface area contributed by atoms with Crippen LogP contribution in [0.3, 0.4) is 0 Å². The van der Waals surface area contributed by atoms with Gasteiger partial charge in [-0.3, -0.25) is 0 Å². The first-order valence-corrected chi connectivity index (χ1v) is 8.54. The van der Waals surface area contributed by atoms with Gasteiger partial charge >= 0.3 is 6.18 Å². The summed E-state index contributed by atoms with van der Waals surface area (Å²) in [7, 11) is 0. The van der Waals surface area contributed by atoms with Gasteiger partial charge in [-0.15, -0.1) is 0 Å². The van der Waals surface area contributed by atoms with Crippen molar-refractivity contribution in [3.8, 4) is 0 Å². The fourth-order valence-corrected chi connectivity index (χ4v) is 5.05. The van der Waals surface area contributed by atoms with Crippen molar-refractivity contribution >= 4 is 5.97 Å². The number of quaternary nitrogens is 1. The molecule has 0 unspecified atom stereocenters. The number of halogens is 3. The number of hydrogen-bond donors (Lipinski definition) is 1. The molecule has 1 saturated heterocycles. The van der Waals surface area contributed by atoms with Crippen LogP contribution in [-0.2, 0) is 16.6 Å². The molecule has 0 spiro atoms. The summed E-state index contributed by atoms with van der Waals surface area (Å²) in [4.78, 5) is 8.78. The minimum absolute atomic E-state index is 0.576. The second-order valence-corrected chi connectivity index (χ2v) is 7.09. The lowest BCUT2D eigenvalue weighted by molar-refractivity contribution is -0.710. The van der Waals surface area contributed by atoms with E-state index in [0.29, 0.717) is 5.41 Å². The first-order chi connectivity index (χ1) is 11.3. The summed E-state index contributed by atoms with van der Waals surface area (Å²) in [6, 6.07) is 10.2. The molecule has 1 aromatic carbocycles. The Labute approximate surface area is 139 Å². The van der Waals surface area contributed by atoms with E-state index in [2.05, 4.69) is 29.6 Å². The van der Waals surface area contributed by atoms with Crippen LogP contribution >= 0.6 is 0 Å². The molecule has 132 valence electrons. The van der Waals surface area contributed by atoms with Crippen molar-refractivity contribution in [1.29, 1.82) is 0 Å². The van der Waals surface area contributed by atoms with E-state index in [9.17, 15) is 13.2 Å². The fourth-order valence-electron chi connectivity index (χ4n) is 5.05. The van der Waals surface area contributed by atoms with Crippen LogP contribution in [0.25, 0.3) is 0 Å². The number of hydrogen-bond acceptors (Lipinski definition) is 2. The Balaban J connectivity index is 0.000000209. The largest absolute Gasteiger partial charge is 0.542 e. The lowest BCUT2D eigenvalue weighted by atomic mass is 9.53. The fraction of sp³-hybridized carbons (Fsp3) is 0.611. The molecular formula is C18H22F3NO2. The number of benzene rings is 1. The molecule has 6 heteroatoms. The third kappa shape index (κ3) is 3.04. The molecule has 0 radical (unpaired) electrons. The maximum absolute atomic E-state index is 10.5. The van der Waals surface area contributed by atoms with Crippen molar-refractivity contribution in [1.82, 2.24) is 0 Å². The van der Waals surface area contributed by atoms with Crippen LogP contribution in [-0.4, -0.2) is 24.7 Å². The SMILES string of the molecule is O=C([O-])C(F)(F)F.c1ccc2c(c1)C[C@H]1[NH2+]CC[C@@]23CCCC[C@@H]13. The van der Waals surface area contributed by atoms with Crippen molar-refractivity contribution in [3.63, 3.8) is 0 Å². The maximum Gasteiger partial charge on any atom is 0.430 e. The Hall–Kier alpha value is -1.56. The summed E-state index contributed by atoms with van der Waals surface area (Å²) >= 11 is 0. The minimum Gasteiger partial charge on any atom is -0.542 e. The summed E-state index contributed by atoms with van der Waals surface area (Å²) < 4.78 is 31.5. The molecule has 1 aromatic rings. The van der Waals surface area contributed by atoms with Gasteiger partial charge in [-0.1, -0.05) is 37.1 Å². The highest BCUT2D eigenvalue weighted by Gasteiger charge is 2.53. The summed E-state index contributed by atoms with van der Waals surface area (Å²) in [5, 5.41) is 11.4. The topological polar surface area (TPSA) is 56.7 Å². The van der Waals surface area contributed by atoms with E-state index in [1.165, 1.54) is 45.1 Å². The number of carbonyl (C=O) groups excluding carboxylic acids is 1. The van der Waals surface area contributed by atoms with Gasteiger partial charge in [0.05, 0.1) is 12.6 Å². The van der Waals surface area contributed by atoms with E-state index in [-0.39, 0.29) is 0 Å². The molecule has 1 aliphatic heterocycles. The molecule has 3 atom stereocenters. The van der Waals surface area contributed by atoms with Crippen LogP contribution in [0.15, 0.2) is 24.3 Å². The molecule has 0 amide bonds. The summed E-state index contributed by atoms with van der Waals surface area (Å²) in [6.07, 6.45) is 3.42. The van der Waals surface area contributed by atoms with Crippen LogP contribution in [0.5, 0.6) is 0 Å². The first-order valence-electron chi connectivity index (χ1n) is 8.54. The zero-order chi connectivity index (χ0) is 17.4. The molecule has 2 N–H and O–H groups in total. The highest BCUT2D eigenvalue weighted by atomic mass is 19.4. The van der Waals surface area contributed by atoms with Gasteiger partial charge in [0.1, 0.15) is 5.97 Å². The first kappa shape index (κ1) is 17.3. The second kappa shape index (κ2) is 6.39. The molecule has 4 rings (SSSR count). The number of carbonyl (C=O) groups is 1. The van der Waals surface area contributed by atoms with E-state index in [0.717, 1.165) is 12.0 Å². The molecule has 24 heavy (non-hydrogen) atoms. The molecule has 0 aromatic heterocycles. The number of piperidine rings is 1. The van der Waals surface area contributed by atoms with Crippen molar-refractivity contribution in [3.05, 3.63) is 35.4 Å². The van der Waals surface area contributed by atoms with Gasteiger partial charge in [0.25, 0.3) is 0 Å². The Bertz CT molecular complexity index is 613. The van der Waals surface area contributed by atoms with Gasteiger partial charge < -0.3 is 15.2 Å². The van der Waals surface area contributed by atoms with Crippen molar-refractivity contribution in [2.45, 2.75) is 56.2 Å². The lowest BCUT2D eigenvalue weighted by Crippen LogP contribution is -2.96. The Morgan fingerprint density at radius 3 is 2.62 bits per heavy atom. The Morgan fingerprint density at radius 1 is 1.21 bits per heavy atom. The van der Waals surface area contributed by atoms with E-state index in [1.54, 1.807) is 11.1 Å². The highest BCUT2D eigenvalue weighted by Crippen LogP contribution is 2.52. The molecule has 3 aliphatic rings. The van der Waals surface area contributed by atoms with E-state index >= 15 is 0 Å². The predicted octanol–water partition coefficient (Wildman–Crippen LogP) is 1.30. The molecule has 1 saturated carbocycles. The molecular weight excluding hydrogens is 319 g/mol. The van der Waals surface area contributed by atoms with Crippen LogP contribution < -0.4 is 10.4 Å². The zero-order valence-corrected chi connectivity index (χ0v) is 13.4. The molecule has 2 fully saturated rings. The summed E-state index contributed by atoms with van der Waals surface area (Å²) in [5.41, 5.74) is 3.97. The lowest BCUT2D eigenvalue weighted by Gasteiger charge is -2.53. The van der Waals surface area contributed by atoms with Crippen LogP contribution in [0.4, 0.5) is 13.2 Å². The number of rotatable bonds is 0. The number of carboxylic acid groups (broad SMARTS) is 1. The van der Waals surface area contributed by atoms with Gasteiger partial charge in [0.15, 0.2) is 0 Å². The predicted molar refractivity (Wildman–Crippen MR) is 80.0 cm³/mol. The van der Waals surface area contributed by atoms with Crippen LogP contribution in [0.2, 0.25) is 0 Å². The molecule has 2 aliphatic carbocycles. The third-order valence-corrected chi connectivity index (χ3v) is 5.92. The standard InChI is InChI=1S/C16H21N.C2HF3O2/c1-2-6-13-12(5-1)11-15-14-7-3-4-8-16(13,14)9-10-17-15;3-2(4,5)1(6)7/h1-2,5-6,14-15,17H,3-4,7-11H2;(H,6,7)/t14-,15+,16-;/m0./s1.